The Balaban J connectivity index is 2.14. The van der Waals surface area contributed by atoms with Gasteiger partial charge in [-0.25, -0.2) is 9.59 Å². The molecule has 154 valence electrons. The van der Waals surface area contributed by atoms with Gasteiger partial charge in [0.05, 0.1) is 12.2 Å². The minimum Gasteiger partial charge on any atom is -0.462 e. The van der Waals surface area contributed by atoms with Gasteiger partial charge < -0.3 is 9.15 Å². The molecule has 0 N–H and O–H groups in total. The molecule has 0 saturated carbocycles. The lowest BCUT2D eigenvalue weighted by atomic mass is 9.90. The van der Waals surface area contributed by atoms with Crippen LogP contribution in [0, 0.1) is 0 Å². The van der Waals surface area contributed by atoms with Crippen molar-refractivity contribution < 1.29 is 13.9 Å². The minimum absolute atomic E-state index is 0.152. The molecule has 0 fully saturated rings. The van der Waals surface area contributed by atoms with E-state index in [2.05, 4.69) is 0 Å². The van der Waals surface area contributed by atoms with E-state index in [9.17, 15) is 9.59 Å². The first-order chi connectivity index (χ1) is 15.1. The summed E-state index contributed by atoms with van der Waals surface area (Å²) in [5.41, 5.74) is 2.38. The number of ether oxygens (including phenoxy) is 1. The van der Waals surface area contributed by atoms with Crippen LogP contribution in [0.25, 0.3) is 33.6 Å². The van der Waals surface area contributed by atoms with Crippen molar-refractivity contribution in [3.63, 3.8) is 0 Å². The number of esters is 1. The van der Waals surface area contributed by atoms with E-state index in [-0.39, 0.29) is 17.9 Å². The number of halogens is 1. The van der Waals surface area contributed by atoms with Gasteiger partial charge in [-0.05, 0) is 42.3 Å². The number of carbonyl (C=O) groups excluding carboxylic acids is 1. The zero-order valence-electron chi connectivity index (χ0n) is 16.8. The van der Waals surface area contributed by atoms with E-state index in [0.29, 0.717) is 32.8 Å². The Labute approximate surface area is 184 Å². The van der Waals surface area contributed by atoms with E-state index in [4.69, 9.17) is 20.8 Å². The highest BCUT2D eigenvalue weighted by Crippen LogP contribution is 2.38. The van der Waals surface area contributed by atoms with Crippen molar-refractivity contribution in [3.8, 4) is 33.6 Å². The molecule has 0 aliphatic heterocycles. The summed E-state index contributed by atoms with van der Waals surface area (Å²) in [6, 6.07) is 25.2. The lowest BCUT2D eigenvalue weighted by Crippen LogP contribution is -2.15. The predicted octanol–water partition coefficient (Wildman–Crippen LogP) is 6.47. The van der Waals surface area contributed by atoms with Crippen molar-refractivity contribution in [2.75, 3.05) is 6.61 Å². The first-order valence-electron chi connectivity index (χ1n) is 9.85. The third-order valence-corrected chi connectivity index (χ3v) is 5.09. The molecule has 0 atom stereocenters. The van der Waals surface area contributed by atoms with Crippen LogP contribution in [0.2, 0.25) is 5.02 Å². The first kappa shape index (κ1) is 20.6. The van der Waals surface area contributed by atoms with Crippen LogP contribution in [0.3, 0.4) is 0 Å². The summed E-state index contributed by atoms with van der Waals surface area (Å²) < 4.78 is 11.1. The summed E-state index contributed by atoms with van der Waals surface area (Å²) in [6.45, 7) is 1.92. The molecule has 0 bridgehead atoms. The maximum absolute atomic E-state index is 13.3. The van der Waals surface area contributed by atoms with E-state index in [1.54, 1.807) is 31.2 Å². The Morgan fingerprint density at radius 3 is 1.90 bits per heavy atom. The Kier molecular flexibility index (Phi) is 6.01. The second-order valence-corrected chi connectivity index (χ2v) is 7.24. The van der Waals surface area contributed by atoms with Gasteiger partial charge in [-0.1, -0.05) is 72.3 Å². The van der Waals surface area contributed by atoms with Gasteiger partial charge in [0.15, 0.2) is 5.76 Å². The summed E-state index contributed by atoms with van der Waals surface area (Å²) in [4.78, 5) is 26.4. The summed E-state index contributed by atoms with van der Waals surface area (Å²) in [5.74, 6) is -0.411. The van der Waals surface area contributed by atoms with Crippen LogP contribution in [0.5, 0.6) is 0 Å². The van der Waals surface area contributed by atoms with Gasteiger partial charge in [0.25, 0.3) is 0 Å². The van der Waals surface area contributed by atoms with Crippen molar-refractivity contribution in [3.05, 3.63) is 106 Å². The Bertz CT molecular complexity index is 1260. The number of hydrogen-bond donors (Lipinski definition) is 0. The highest BCUT2D eigenvalue weighted by molar-refractivity contribution is 6.30. The van der Waals surface area contributed by atoms with Crippen molar-refractivity contribution in [2.24, 2.45) is 0 Å². The van der Waals surface area contributed by atoms with Gasteiger partial charge in [-0.2, -0.15) is 0 Å². The molecular formula is C26H19ClO4. The summed E-state index contributed by atoms with van der Waals surface area (Å²) >= 11 is 6.03. The molecule has 0 amide bonds. The predicted molar refractivity (Wildman–Crippen MR) is 122 cm³/mol. The molecule has 0 saturated heterocycles. The van der Waals surface area contributed by atoms with Crippen LogP contribution in [-0.2, 0) is 4.74 Å². The molecule has 0 unspecified atom stereocenters. The lowest BCUT2D eigenvalue weighted by Gasteiger charge is -2.17. The Morgan fingerprint density at radius 2 is 1.35 bits per heavy atom. The van der Waals surface area contributed by atoms with Crippen molar-refractivity contribution in [1.29, 1.82) is 0 Å². The molecule has 0 radical (unpaired) electrons. The van der Waals surface area contributed by atoms with E-state index >= 15 is 0 Å². The summed E-state index contributed by atoms with van der Waals surface area (Å²) in [5, 5.41) is 0.535. The monoisotopic (exact) mass is 430 g/mol. The lowest BCUT2D eigenvalue weighted by molar-refractivity contribution is 0.0526. The van der Waals surface area contributed by atoms with Crippen LogP contribution in [0.1, 0.15) is 17.3 Å². The summed E-state index contributed by atoms with van der Waals surface area (Å²) in [7, 11) is 0. The van der Waals surface area contributed by atoms with Crippen LogP contribution < -0.4 is 5.63 Å². The quantitative estimate of drug-likeness (QED) is 0.340. The third kappa shape index (κ3) is 4.16. The van der Waals surface area contributed by atoms with Gasteiger partial charge in [0, 0.05) is 16.1 Å². The van der Waals surface area contributed by atoms with E-state index in [1.165, 1.54) is 0 Å². The van der Waals surface area contributed by atoms with Crippen LogP contribution in [0.15, 0.2) is 94.1 Å². The number of carbonyl (C=O) groups is 1. The van der Waals surface area contributed by atoms with Crippen LogP contribution in [-0.4, -0.2) is 12.6 Å². The van der Waals surface area contributed by atoms with Crippen molar-refractivity contribution >= 4 is 17.6 Å². The molecule has 4 aromatic rings. The fourth-order valence-corrected chi connectivity index (χ4v) is 3.62. The van der Waals surface area contributed by atoms with E-state index < -0.39 is 11.6 Å². The average molecular weight is 431 g/mol. The molecule has 1 aromatic heterocycles. The largest absolute Gasteiger partial charge is 0.462 e. The second-order valence-electron chi connectivity index (χ2n) is 6.80. The molecule has 0 aliphatic carbocycles. The van der Waals surface area contributed by atoms with Crippen molar-refractivity contribution in [2.45, 2.75) is 6.92 Å². The SMILES string of the molecule is CCOC(=O)c1c(-c2ccc(Cl)cc2)oc(=O)c(-c2ccccc2)c1-c1ccccc1. The molecule has 31 heavy (non-hydrogen) atoms. The standard InChI is InChI=1S/C26H19ClO4/c1-2-30-25(28)23-21(17-9-5-3-6-10-17)22(18-11-7-4-8-12-18)26(29)31-24(23)19-13-15-20(27)16-14-19/h3-16H,2H2,1H3. The summed E-state index contributed by atoms with van der Waals surface area (Å²) in [6.07, 6.45) is 0. The number of hydrogen-bond acceptors (Lipinski definition) is 4. The first-order valence-corrected chi connectivity index (χ1v) is 10.2. The maximum atomic E-state index is 13.3. The minimum atomic E-state index is -0.563. The highest BCUT2D eigenvalue weighted by atomic mass is 35.5. The highest BCUT2D eigenvalue weighted by Gasteiger charge is 2.28. The van der Waals surface area contributed by atoms with Gasteiger partial charge >= 0.3 is 11.6 Å². The van der Waals surface area contributed by atoms with E-state index in [0.717, 1.165) is 0 Å². The van der Waals surface area contributed by atoms with Crippen LogP contribution in [0.4, 0.5) is 0 Å². The molecular weight excluding hydrogens is 412 g/mol. The topological polar surface area (TPSA) is 56.5 Å². The fraction of sp³-hybridized carbons (Fsp3) is 0.0769. The second kappa shape index (κ2) is 9.02. The molecule has 0 spiro atoms. The molecule has 4 rings (SSSR count). The average Bonchev–Trinajstić information content (AvgIpc) is 2.80. The number of rotatable bonds is 5. The van der Waals surface area contributed by atoms with Crippen LogP contribution >= 0.6 is 11.6 Å². The van der Waals surface area contributed by atoms with Crippen molar-refractivity contribution in [1.82, 2.24) is 0 Å². The normalized spacial score (nSPS) is 10.6. The molecule has 1 heterocycles. The zero-order valence-corrected chi connectivity index (χ0v) is 17.6. The van der Waals surface area contributed by atoms with E-state index in [1.807, 2.05) is 60.7 Å². The molecule has 3 aromatic carbocycles. The smallest absolute Gasteiger partial charge is 0.344 e. The Hall–Kier alpha value is -3.63. The fourth-order valence-electron chi connectivity index (χ4n) is 3.50. The number of benzene rings is 3. The Morgan fingerprint density at radius 1 is 0.806 bits per heavy atom. The van der Waals surface area contributed by atoms with Gasteiger partial charge in [0.1, 0.15) is 5.56 Å². The molecule has 0 aliphatic rings. The molecule has 4 nitrogen and oxygen atoms in total. The van der Waals surface area contributed by atoms with Gasteiger partial charge in [-0.15, -0.1) is 0 Å². The van der Waals surface area contributed by atoms with Gasteiger partial charge in [0.2, 0.25) is 0 Å². The third-order valence-electron chi connectivity index (χ3n) is 4.84. The zero-order chi connectivity index (χ0) is 21.8. The molecule has 5 heteroatoms. The maximum Gasteiger partial charge on any atom is 0.344 e. The van der Waals surface area contributed by atoms with Gasteiger partial charge in [-0.3, -0.25) is 0 Å².